The number of rotatable bonds is 1. The second-order valence-electron chi connectivity index (χ2n) is 2.53. The summed E-state index contributed by atoms with van der Waals surface area (Å²) in [6, 6.07) is 7.86. The van der Waals surface area contributed by atoms with Gasteiger partial charge in [0.15, 0.2) is 0 Å². The summed E-state index contributed by atoms with van der Waals surface area (Å²) in [5.74, 6) is 0. The van der Waals surface area contributed by atoms with Gasteiger partial charge in [-0.3, -0.25) is 0 Å². The van der Waals surface area contributed by atoms with Crippen molar-refractivity contribution in [2.75, 3.05) is 0 Å². The van der Waals surface area contributed by atoms with Gasteiger partial charge in [-0.25, -0.2) is 0 Å². The Labute approximate surface area is 112 Å². The van der Waals surface area contributed by atoms with Crippen molar-refractivity contribution >= 4 is 0 Å². The average molecular weight is 272 g/mol. The first kappa shape index (κ1) is 25.0. The van der Waals surface area contributed by atoms with Gasteiger partial charge < -0.3 is 5.11 Å². The molecule has 1 aromatic carbocycles. The van der Waals surface area contributed by atoms with Crippen LogP contribution in [0.5, 0.6) is 0 Å². The van der Waals surface area contributed by atoms with Crippen LogP contribution >= 0.6 is 0 Å². The summed E-state index contributed by atoms with van der Waals surface area (Å²) >= 11 is 0. The van der Waals surface area contributed by atoms with E-state index >= 15 is 0 Å². The number of aliphatic hydroxyl groups is 1. The minimum absolute atomic E-state index is 0. The van der Waals surface area contributed by atoms with Crippen LogP contribution in [0, 0.1) is 26.9 Å². The smallest absolute Gasteiger partial charge is 0 e. The quantitative estimate of drug-likeness (QED) is 0.615. The van der Waals surface area contributed by atoms with E-state index in [0.717, 1.165) is 11.1 Å². The minimum atomic E-state index is -0.346. The standard InChI is InChI=1S/C9H12O.3CO.Cr/c1-7-5-3-4-6-9(7)8(2)10;3*1-2;/h3-6,8,10H,1-2H3;;;;/t8-;;;;/m0..../s1. The Morgan fingerprint density at radius 1 is 1.00 bits per heavy atom. The molecule has 0 amide bonds. The van der Waals surface area contributed by atoms with Crippen LogP contribution in [-0.2, 0) is 31.3 Å². The molecule has 17 heavy (non-hydrogen) atoms. The SMILES string of the molecule is Cc1ccccc1[C@H](C)O.[C-]#[O+].[C-]#[O+].[C-]#[O+].[Cr]. The van der Waals surface area contributed by atoms with E-state index in [0.29, 0.717) is 0 Å². The maximum absolute atomic E-state index is 9.20. The summed E-state index contributed by atoms with van der Waals surface area (Å²) in [5, 5.41) is 9.20. The second kappa shape index (κ2) is 20.4. The van der Waals surface area contributed by atoms with E-state index in [4.69, 9.17) is 14.0 Å². The van der Waals surface area contributed by atoms with Gasteiger partial charge in [0.25, 0.3) is 0 Å². The van der Waals surface area contributed by atoms with Gasteiger partial charge in [-0.2, -0.15) is 0 Å². The van der Waals surface area contributed by atoms with E-state index in [-0.39, 0.29) is 23.5 Å². The maximum atomic E-state index is 9.20. The van der Waals surface area contributed by atoms with Crippen molar-refractivity contribution in [3.8, 4) is 0 Å². The van der Waals surface area contributed by atoms with Crippen molar-refractivity contribution in [2.45, 2.75) is 20.0 Å². The number of hydrogen-bond acceptors (Lipinski definition) is 1. The molecule has 0 spiro atoms. The molecule has 0 bridgehead atoms. The zero-order valence-corrected chi connectivity index (χ0v) is 10.7. The first-order valence-electron chi connectivity index (χ1n) is 4.06. The van der Waals surface area contributed by atoms with Crippen LogP contribution < -0.4 is 0 Å². The molecule has 4 nitrogen and oxygen atoms in total. The number of hydrogen-bond donors (Lipinski definition) is 1. The van der Waals surface area contributed by atoms with Gasteiger partial charge in [0.2, 0.25) is 0 Å². The van der Waals surface area contributed by atoms with E-state index in [1.54, 1.807) is 6.92 Å². The first-order valence-corrected chi connectivity index (χ1v) is 4.06. The summed E-state index contributed by atoms with van der Waals surface area (Å²) in [7, 11) is 0. The number of aliphatic hydroxyl groups excluding tert-OH is 1. The molecule has 0 unspecified atom stereocenters. The predicted molar refractivity (Wildman–Crippen MR) is 53.6 cm³/mol. The van der Waals surface area contributed by atoms with Crippen LogP contribution in [0.3, 0.4) is 0 Å². The van der Waals surface area contributed by atoms with Crippen LogP contribution in [0.15, 0.2) is 24.3 Å². The topological polar surface area (TPSA) is 79.9 Å². The van der Waals surface area contributed by atoms with Crippen molar-refractivity contribution in [3.63, 3.8) is 0 Å². The Morgan fingerprint density at radius 3 is 1.59 bits per heavy atom. The molecule has 0 aliphatic heterocycles. The van der Waals surface area contributed by atoms with Gasteiger partial charge in [0.05, 0.1) is 6.10 Å². The number of aryl methyl sites for hydroxylation is 1. The molecular formula is C12H12CrO4. The third kappa shape index (κ3) is 12.9. The zero-order chi connectivity index (χ0) is 13.6. The molecule has 5 heteroatoms. The van der Waals surface area contributed by atoms with E-state index in [9.17, 15) is 5.11 Å². The van der Waals surface area contributed by atoms with Gasteiger partial charge in [0, 0.05) is 17.4 Å². The Balaban J connectivity index is -0.000000106. The van der Waals surface area contributed by atoms with E-state index < -0.39 is 0 Å². The van der Waals surface area contributed by atoms with E-state index in [1.807, 2.05) is 31.2 Å². The molecule has 0 saturated carbocycles. The molecule has 1 N–H and O–H groups in total. The monoisotopic (exact) mass is 272 g/mol. The van der Waals surface area contributed by atoms with Gasteiger partial charge >= 0.3 is 33.9 Å². The fourth-order valence-electron chi connectivity index (χ4n) is 1.06. The van der Waals surface area contributed by atoms with Crippen molar-refractivity contribution < 1.29 is 36.4 Å². The third-order valence-corrected chi connectivity index (χ3v) is 1.64. The summed E-state index contributed by atoms with van der Waals surface area (Å²) in [5.41, 5.74) is 2.17. The van der Waals surface area contributed by atoms with E-state index in [2.05, 4.69) is 20.0 Å². The Morgan fingerprint density at radius 2 is 1.35 bits per heavy atom. The molecule has 0 fully saturated rings. The molecule has 0 radical (unpaired) electrons. The molecule has 0 saturated heterocycles. The van der Waals surface area contributed by atoms with Crippen molar-refractivity contribution in [1.82, 2.24) is 0 Å². The zero-order valence-electron chi connectivity index (χ0n) is 9.47. The molecule has 1 rings (SSSR count). The normalized spacial score (nSPS) is 8.06. The van der Waals surface area contributed by atoms with Crippen LogP contribution in [0.4, 0.5) is 0 Å². The second-order valence-corrected chi connectivity index (χ2v) is 2.53. The van der Waals surface area contributed by atoms with E-state index in [1.165, 1.54) is 0 Å². The van der Waals surface area contributed by atoms with Gasteiger partial charge in [-0.15, -0.1) is 0 Å². The molecule has 0 heterocycles. The summed E-state index contributed by atoms with van der Waals surface area (Å²) < 4.78 is 22.5. The van der Waals surface area contributed by atoms with Crippen LogP contribution in [-0.4, -0.2) is 5.11 Å². The van der Waals surface area contributed by atoms with Crippen molar-refractivity contribution in [2.24, 2.45) is 0 Å². The molecule has 0 aromatic heterocycles. The Hall–Kier alpha value is -1.07. The van der Waals surface area contributed by atoms with Crippen molar-refractivity contribution in [1.29, 1.82) is 0 Å². The molecule has 90 valence electrons. The molecule has 1 atom stereocenters. The Kier molecular flexibility index (Phi) is 29.9. The minimum Gasteiger partial charge on any atom is 0 e. The maximum Gasteiger partial charge on any atom is 0 e. The molecule has 0 aliphatic rings. The van der Waals surface area contributed by atoms with Crippen molar-refractivity contribution in [3.05, 3.63) is 55.3 Å². The molecular weight excluding hydrogens is 260 g/mol. The average Bonchev–Trinajstić information content (AvgIpc) is 2.37. The van der Waals surface area contributed by atoms with Crippen LogP contribution in [0.2, 0.25) is 0 Å². The molecule has 1 aromatic rings. The first-order chi connectivity index (χ1) is 7.72. The summed E-state index contributed by atoms with van der Waals surface area (Å²) in [6.45, 7) is 17.3. The van der Waals surface area contributed by atoms with Gasteiger partial charge in [-0.05, 0) is 25.0 Å². The van der Waals surface area contributed by atoms with Crippen LogP contribution in [0.1, 0.15) is 24.2 Å². The Bertz CT molecular complexity index is 315. The van der Waals surface area contributed by atoms with Gasteiger partial charge in [-0.1, -0.05) is 24.3 Å². The summed E-state index contributed by atoms with van der Waals surface area (Å²) in [6.07, 6.45) is -0.346. The number of benzene rings is 1. The van der Waals surface area contributed by atoms with Gasteiger partial charge in [0.1, 0.15) is 0 Å². The van der Waals surface area contributed by atoms with Crippen LogP contribution in [0.25, 0.3) is 0 Å². The fourth-order valence-corrected chi connectivity index (χ4v) is 1.06. The third-order valence-electron chi connectivity index (χ3n) is 1.64. The molecule has 0 aliphatic carbocycles. The fraction of sp³-hybridized carbons (Fsp3) is 0.250. The largest absolute Gasteiger partial charge is 0 e. The predicted octanol–water partition coefficient (Wildman–Crippen LogP) is 1.93. The summed E-state index contributed by atoms with van der Waals surface area (Å²) in [4.78, 5) is 0.